The molecule has 0 unspecified atom stereocenters. The van der Waals surface area contributed by atoms with E-state index in [0.29, 0.717) is 29.3 Å². The average Bonchev–Trinajstić information content (AvgIpc) is 3.52. The second-order valence-electron chi connectivity index (χ2n) is 6.73. The molecule has 4 rings (SSSR count). The Morgan fingerprint density at radius 3 is 2.36 bits per heavy atom. The number of nitrogens with zero attached hydrogens (tertiary/aromatic N) is 2. The fourth-order valence-corrected chi connectivity index (χ4v) is 3.82. The van der Waals surface area contributed by atoms with Crippen molar-refractivity contribution in [1.29, 1.82) is 0 Å². The molecule has 8 heteroatoms. The van der Waals surface area contributed by atoms with Crippen molar-refractivity contribution in [1.82, 2.24) is 9.97 Å². The molecule has 0 radical (unpaired) electrons. The first-order valence-electron chi connectivity index (χ1n) is 9.11. The number of nitrogens with one attached hydrogen (secondary N) is 1. The van der Waals surface area contributed by atoms with Crippen molar-refractivity contribution in [3.8, 4) is 11.6 Å². The van der Waals surface area contributed by atoms with Crippen LogP contribution in [0.4, 0.5) is 5.82 Å². The third-order valence-electron chi connectivity index (χ3n) is 4.60. The number of methoxy groups -OCH3 is 1. The lowest BCUT2D eigenvalue weighted by molar-refractivity contribution is 0.293. The number of hydrogen-bond acceptors (Lipinski definition) is 6. The lowest BCUT2D eigenvalue weighted by atomic mass is 10.3. The van der Waals surface area contributed by atoms with E-state index in [-0.39, 0.29) is 16.6 Å². The van der Waals surface area contributed by atoms with Crippen LogP contribution < -0.4 is 14.2 Å². The number of fused-ring (bicyclic) bond motifs is 1. The predicted octanol–water partition coefficient (Wildman–Crippen LogP) is 3.62. The molecule has 0 saturated heterocycles. The molecule has 7 nitrogen and oxygen atoms in total. The van der Waals surface area contributed by atoms with E-state index < -0.39 is 10.0 Å². The lowest BCUT2D eigenvalue weighted by Crippen LogP contribution is -2.16. The zero-order valence-corrected chi connectivity index (χ0v) is 16.3. The van der Waals surface area contributed by atoms with E-state index in [2.05, 4.69) is 14.7 Å². The van der Waals surface area contributed by atoms with Crippen LogP contribution in [0.25, 0.3) is 11.0 Å². The third kappa shape index (κ3) is 4.17. The van der Waals surface area contributed by atoms with Gasteiger partial charge in [-0.2, -0.15) is 0 Å². The third-order valence-corrected chi connectivity index (χ3v) is 5.96. The van der Waals surface area contributed by atoms with E-state index in [4.69, 9.17) is 9.47 Å². The SMILES string of the molecule is COc1ccc(S(=O)(=O)Nc2nc3ccccc3nc2OCCC2CC2)cc1. The molecular weight excluding hydrogens is 378 g/mol. The maximum Gasteiger partial charge on any atom is 0.263 e. The molecule has 0 spiro atoms. The van der Waals surface area contributed by atoms with Gasteiger partial charge in [0.05, 0.1) is 29.6 Å². The van der Waals surface area contributed by atoms with Crippen LogP contribution >= 0.6 is 0 Å². The van der Waals surface area contributed by atoms with E-state index in [1.165, 1.54) is 32.1 Å². The number of ether oxygens (including phenoxy) is 2. The Morgan fingerprint density at radius 1 is 1.04 bits per heavy atom. The highest BCUT2D eigenvalue weighted by Gasteiger charge is 2.23. The van der Waals surface area contributed by atoms with Gasteiger partial charge in [0.1, 0.15) is 5.75 Å². The summed E-state index contributed by atoms with van der Waals surface area (Å²) in [7, 11) is -2.32. The lowest BCUT2D eigenvalue weighted by Gasteiger charge is -2.13. The van der Waals surface area contributed by atoms with Crippen LogP contribution in [-0.2, 0) is 10.0 Å². The minimum absolute atomic E-state index is 0.0883. The van der Waals surface area contributed by atoms with Crippen molar-refractivity contribution in [2.45, 2.75) is 24.2 Å². The van der Waals surface area contributed by atoms with Crippen molar-refractivity contribution in [3.05, 3.63) is 48.5 Å². The van der Waals surface area contributed by atoms with Gasteiger partial charge in [0, 0.05) is 0 Å². The summed E-state index contributed by atoms with van der Waals surface area (Å²) in [5.74, 6) is 1.56. The molecule has 3 aromatic rings. The van der Waals surface area contributed by atoms with Crippen molar-refractivity contribution >= 4 is 26.9 Å². The summed E-state index contributed by atoms with van der Waals surface area (Å²) >= 11 is 0. The molecular formula is C20H21N3O4S. The quantitative estimate of drug-likeness (QED) is 0.622. The summed E-state index contributed by atoms with van der Waals surface area (Å²) in [5, 5.41) is 0. The van der Waals surface area contributed by atoms with Gasteiger partial charge in [-0.3, -0.25) is 4.72 Å². The highest BCUT2D eigenvalue weighted by atomic mass is 32.2. The Labute approximate surface area is 163 Å². The van der Waals surface area contributed by atoms with Gasteiger partial charge < -0.3 is 9.47 Å². The number of sulfonamides is 1. The number of rotatable bonds is 8. The maximum absolute atomic E-state index is 12.8. The standard InChI is InChI=1S/C20H21N3O4S/c1-26-15-8-10-16(11-9-15)28(24,25)23-19-20(27-13-12-14-6-7-14)22-18-5-3-2-4-17(18)21-19/h2-5,8-11,14H,6-7,12-13H2,1H3,(H,21,23). The van der Waals surface area contributed by atoms with Crippen molar-refractivity contribution in [3.63, 3.8) is 0 Å². The van der Waals surface area contributed by atoms with E-state index in [1.807, 2.05) is 18.2 Å². The van der Waals surface area contributed by atoms with Gasteiger partial charge in [-0.05, 0) is 48.7 Å². The molecule has 1 N–H and O–H groups in total. The molecule has 28 heavy (non-hydrogen) atoms. The van der Waals surface area contributed by atoms with Crippen molar-refractivity contribution in [2.24, 2.45) is 5.92 Å². The van der Waals surface area contributed by atoms with Gasteiger partial charge >= 0.3 is 0 Å². The van der Waals surface area contributed by atoms with E-state index >= 15 is 0 Å². The molecule has 0 bridgehead atoms. The first kappa shape index (κ1) is 18.5. The van der Waals surface area contributed by atoms with E-state index in [0.717, 1.165) is 6.42 Å². The maximum atomic E-state index is 12.8. The summed E-state index contributed by atoms with van der Waals surface area (Å²) in [5.41, 5.74) is 1.24. The van der Waals surface area contributed by atoms with Gasteiger partial charge in [0.2, 0.25) is 5.82 Å². The first-order chi connectivity index (χ1) is 13.5. The monoisotopic (exact) mass is 399 g/mol. The summed E-state index contributed by atoms with van der Waals surface area (Å²) in [6.45, 7) is 0.481. The molecule has 0 aliphatic heterocycles. The number of benzene rings is 2. The zero-order chi connectivity index (χ0) is 19.6. The normalized spacial score (nSPS) is 14.0. The van der Waals surface area contributed by atoms with Crippen LogP contribution in [0.3, 0.4) is 0 Å². The number of para-hydroxylation sites is 2. The van der Waals surface area contributed by atoms with Crippen LogP contribution in [0.2, 0.25) is 0 Å². The Hall–Kier alpha value is -2.87. The molecule has 1 heterocycles. The molecule has 0 atom stereocenters. The second-order valence-corrected chi connectivity index (χ2v) is 8.41. The second kappa shape index (κ2) is 7.63. The van der Waals surface area contributed by atoms with Gasteiger partial charge in [0.15, 0.2) is 0 Å². The Morgan fingerprint density at radius 2 is 1.71 bits per heavy atom. The molecule has 1 aliphatic carbocycles. The molecule has 146 valence electrons. The van der Waals surface area contributed by atoms with Crippen LogP contribution in [0.15, 0.2) is 53.4 Å². The summed E-state index contributed by atoms with van der Waals surface area (Å²) in [6, 6.07) is 13.4. The molecule has 0 amide bonds. The molecule has 1 saturated carbocycles. The Kier molecular flexibility index (Phi) is 5.04. The fourth-order valence-electron chi connectivity index (χ4n) is 2.82. The van der Waals surface area contributed by atoms with Gasteiger partial charge in [-0.25, -0.2) is 18.4 Å². The Balaban J connectivity index is 1.64. The topological polar surface area (TPSA) is 90.4 Å². The minimum Gasteiger partial charge on any atom is -0.497 e. The van der Waals surface area contributed by atoms with E-state index in [1.54, 1.807) is 18.2 Å². The van der Waals surface area contributed by atoms with Crippen molar-refractivity contribution < 1.29 is 17.9 Å². The average molecular weight is 399 g/mol. The molecule has 1 aliphatic rings. The van der Waals surface area contributed by atoms with Crippen LogP contribution in [0.5, 0.6) is 11.6 Å². The minimum atomic E-state index is -3.85. The summed E-state index contributed by atoms with van der Waals surface area (Å²) in [4.78, 5) is 9.00. The molecule has 2 aromatic carbocycles. The predicted molar refractivity (Wildman–Crippen MR) is 106 cm³/mol. The van der Waals surface area contributed by atoms with Gasteiger partial charge in [0.25, 0.3) is 15.9 Å². The molecule has 1 aromatic heterocycles. The smallest absolute Gasteiger partial charge is 0.263 e. The fraction of sp³-hybridized carbons (Fsp3) is 0.300. The van der Waals surface area contributed by atoms with Gasteiger partial charge in [-0.1, -0.05) is 25.0 Å². The number of aromatic nitrogens is 2. The number of anilines is 1. The molecule has 1 fully saturated rings. The summed E-state index contributed by atoms with van der Waals surface area (Å²) in [6.07, 6.45) is 3.38. The number of hydrogen-bond donors (Lipinski definition) is 1. The largest absolute Gasteiger partial charge is 0.497 e. The zero-order valence-electron chi connectivity index (χ0n) is 15.5. The highest BCUT2D eigenvalue weighted by molar-refractivity contribution is 7.92. The Bertz CT molecular complexity index is 1080. The van der Waals surface area contributed by atoms with Gasteiger partial charge in [-0.15, -0.1) is 0 Å². The van der Waals surface area contributed by atoms with Crippen LogP contribution in [0.1, 0.15) is 19.3 Å². The van der Waals surface area contributed by atoms with Crippen molar-refractivity contribution in [2.75, 3.05) is 18.4 Å². The van der Waals surface area contributed by atoms with E-state index in [9.17, 15) is 8.42 Å². The van der Waals surface area contributed by atoms with Crippen LogP contribution in [-0.4, -0.2) is 32.1 Å². The van der Waals surface area contributed by atoms with Crippen LogP contribution in [0, 0.1) is 5.92 Å². The highest BCUT2D eigenvalue weighted by Crippen LogP contribution is 2.33. The summed E-state index contributed by atoms with van der Waals surface area (Å²) < 4.78 is 39.0. The first-order valence-corrected chi connectivity index (χ1v) is 10.6.